The zero-order valence-corrected chi connectivity index (χ0v) is 7.73. The van der Waals surface area contributed by atoms with Crippen LogP contribution in [0.3, 0.4) is 0 Å². The maximum absolute atomic E-state index is 11.2. The molecule has 0 aliphatic carbocycles. The number of amides is 2. The number of hydrogen-bond acceptors (Lipinski definition) is 5. The van der Waals surface area contributed by atoms with Crippen LogP contribution in [0.25, 0.3) is 0 Å². The van der Waals surface area contributed by atoms with Gasteiger partial charge in [0.15, 0.2) is 6.61 Å². The van der Waals surface area contributed by atoms with Crippen molar-refractivity contribution in [3.8, 4) is 0 Å². The number of thioether (sulfide) groups is 1. The van der Waals surface area contributed by atoms with E-state index in [-0.39, 0.29) is 18.6 Å². The van der Waals surface area contributed by atoms with Crippen LogP contribution in [0.15, 0.2) is 0 Å². The summed E-state index contributed by atoms with van der Waals surface area (Å²) in [6.45, 7) is -0.300. The minimum atomic E-state index is -0.617. The van der Waals surface area contributed by atoms with Crippen molar-refractivity contribution in [2.45, 2.75) is 6.04 Å². The highest BCUT2D eigenvalue weighted by Crippen LogP contribution is 2.08. The topological polar surface area (TPSA) is 93.5 Å². The van der Waals surface area contributed by atoms with E-state index in [0.29, 0.717) is 5.75 Å². The highest BCUT2D eigenvalue weighted by Gasteiger charge is 2.22. The smallest absolute Gasteiger partial charge is 0.261 e. The van der Waals surface area contributed by atoms with Crippen LogP contribution >= 0.6 is 11.8 Å². The largest absolute Gasteiger partial charge is 0.368 e. The third-order valence-corrected chi connectivity index (χ3v) is 2.36. The van der Waals surface area contributed by atoms with Gasteiger partial charge < -0.3 is 5.73 Å². The van der Waals surface area contributed by atoms with Crippen LogP contribution in [0.1, 0.15) is 0 Å². The summed E-state index contributed by atoms with van der Waals surface area (Å²) in [5.74, 6) is 0.583. The molecule has 4 N–H and O–H groups in total. The molecule has 1 atom stereocenters. The number of hydroxylamine groups is 1. The molecule has 7 heteroatoms. The molecule has 74 valence electrons. The number of nitrogens with two attached hydrogens (primary N) is 1. The molecular formula is C6H11N3O3S. The second kappa shape index (κ2) is 5.05. The van der Waals surface area contributed by atoms with Crippen molar-refractivity contribution in [1.82, 2.24) is 10.8 Å². The van der Waals surface area contributed by atoms with Gasteiger partial charge in [-0.15, -0.1) is 11.8 Å². The number of carbonyl (C=O) groups excluding carboxylic acids is 2. The minimum absolute atomic E-state index is 0.238. The van der Waals surface area contributed by atoms with E-state index in [1.807, 2.05) is 0 Å². The van der Waals surface area contributed by atoms with E-state index < -0.39 is 5.91 Å². The van der Waals surface area contributed by atoms with E-state index in [1.165, 1.54) is 0 Å². The molecule has 1 aliphatic heterocycles. The second-order valence-electron chi connectivity index (χ2n) is 2.49. The monoisotopic (exact) mass is 205 g/mol. The van der Waals surface area contributed by atoms with E-state index in [9.17, 15) is 9.59 Å². The van der Waals surface area contributed by atoms with Gasteiger partial charge >= 0.3 is 0 Å². The van der Waals surface area contributed by atoms with E-state index in [1.54, 1.807) is 11.8 Å². The summed E-state index contributed by atoms with van der Waals surface area (Å²) in [6, 6.07) is -0.238. The molecule has 1 rings (SSSR count). The summed E-state index contributed by atoms with van der Waals surface area (Å²) in [4.78, 5) is 25.9. The second-order valence-corrected chi connectivity index (χ2v) is 3.52. The molecule has 0 aromatic carbocycles. The van der Waals surface area contributed by atoms with Gasteiger partial charge in [0.25, 0.3) is 5.91 Å². The van der Waals surface area contributed by atoms with Crippen LogP contribution in [-0.4, -0.2) is 36.1 Å². The Hall–Kier alpha value is -0.790. The molecule has 2 amide bonds. The number of carbonyl (C=O) groups is 2. The Balaban J connectivity index is 2.13. The summed E-state index contributed by atoms with van der Waals surface area (Å²) >= 11 is 1.63. The number of hydrogen-bond donors (Lipinski definition) is 3. The predicted octanol–water partition coefficient (Wildman–Crippen LogP) is -1.82. The molecule has 13 heavy (non-hydrogen) atoms. The van der Waals surface area contributed by atoms with Crippen molar-refractivity contribution in [2.75, 3.05) is 18.2 Å². The Kier molecular flexibility index (Phi) is 4.00. The number of nitrogens with one attached hydrogen (secondary N) is 2. The SMILES string of the molecule is NC(=O)CONC(=O)C1CSCN1. The molecular weight excluding hydrogens is 194 g/mol. The summed E-state index contributed by atoms with van der Waals surface area (Å²) in [5.41, 5.74) is 6.94. The average Bonchev–Trinajstić information content (AvgIpc) is 2.55. The summed E-state index contributed by atoms with van der Waals surface area (Å²) in [5, 5.41) is 2.95. The van der Waals surface area contributed by atoms with Gasteiger partial charge in [0.2, 0.25) is 5.91 Å². The van der Waals surface area contributed by atoms with Crippen LogP contribution < -0.4 is 16.5 Å². The summed E-state index contributed by atoms with van der Waals surface area (Å²) < 4.78 is 0. The lowest BCUT2D eigenvalue weighted by atomic mass is 10.3. The fourth-order valence-electron chi connectivity index (χ4n) is 0.813. The maximum atomic E-state index is 11.2. The lowest BCUT2D eigenvalue weighted by Crippen LogP contribution is -2.42. The number of rotatable bonds is 4. The third kappa shape index (κ3) is 3.62. The van der Waals surface area contributed by atoms with E-state index in [4.69, 9.17) is 5.73 Å². The van der Waals surface area contributed by atoms with Crippen LogP contribution in [0.5, 0.6) is 0 Å². The zero-order valence-electron chi connectivity index (χ0n) is 6.91. The van der Waals surface area contributed by atoms with Crippen LogP contribution in [0, 0.1) is 0 Å². The van der Waals surface area contributed by atoms with E-state index in [2.05, 4.69) is 15.6 Å². The van der Waals surface area contributed by atoms with Gasteiger partial charge in [-0.1, -0.05) is 0 Å². The Morgan fingerprint density at radius 3 is 3.00 bits per heavy atom. The Bertz CT molecular complexity index is 205. The molecule has 6 nitrogen and oxygen atoms in total. The first-order valence-electron chi connectivity index (χ1n) is 3.71. The van der Waals surface area contributed by atoms with Crippen LogP contribution in [0.4, 0.5) is 0 Å². The van der Waals surface area contributed by atoms with Crippen molar-refractivity contribution >= 4 is 23.6 Å². The van der Waals surface area contributed by atoms with Crippen molar-refractivity contribution in [1.29, 1.82) is 0 Å². The summed E-state index contributed by atoms with van der Waals surface area (Å²) in [7, 11) is 0. The van der Waals surface area contributed by atoms with Gasteiger partial charge in [-0.05, 0) is 0 Å². The first-order chi connectivity index (χ1) is 6.20. The molecule has 1 heterocycles. The van der Waals surface area contributed by atoms with Gasteiger partial charge in [0.05, 0.1) is 6.04 Å². The Labute approximate surface area is 79.5 Å². The molecule has 0 aromatic heterocycles. The van der Waals surface area contributed by atoms with Crippen molar-refractivity contribution in [2.24, 2.45) is 5.73 Å². The molecule has 0 radical (unpaired) electrons. The molecule has 0 spiro atoms. The van der Waals surface area contributed by atoms with Gasteiger partial charge in [0, 0.05) is 11.6 Å². The quantitative estimate of drug-likeness (QED) is 0.470. The van der Waals surface area contributed by atoms with Crippen molar-refractivity contribution < 1.29 is 14.4 Å². The lowest BCUT2D eigenvalue weighted by Gasteiger charge is -2.08. The number of primary amides is 1. The van der Waals surface area contributed by atoms with Gasteiger partial charge in [-0.3, -0.25) is 19.7 Å². The van der Waals surface area contributed by atoms with E-state index in [0.717, 1.165) is 5.88 Å². The first-order valence-corrected chi connectivity index (χ1v) is 4.86. The minimum Gasteiger partial charge on any atom is -0.368 e. The Morgan fingerprint density at radius 2 is 2.46 bits per heavy atom. The van der Waals surface area contributed by atoms with Gasteiger partial charge in [-0.2, -0.15) is 0 Å². The lowest BCUT2D eigenvalue weighted by molar-refractivity contribution is -0.139. The molecule has 1 unspecified atom stereocenters. The summed E-state index contributed by atoms with van der Waals surface area (Å²) in [6.07, 6.45) is 0. The van der Waals surface area contributed by atoms with Gasteiger partial charge in [-0.25, -0.2) is 5.48 Å². The predicted molar refractivity (Wildman–Crippen MR) is 47.5 cm³/mol. The first kappa shape index (κ1) is 10.3. The molecule has 0 saturated carbocycles. The highest BCUT2D eigenvalue weighted by molar-refractivity contribution is 7.99. The fraction of sp³-hybridized carbons (Fsp3) is 0.667. The highest BCUT2D eigenvalue weighted by atomic mass is 32.2. The molecule has 0 bridgehead atoms. The molecule has 1 saturated heterocycles. The van der Waals surface area contributed by atoms with Crippen molar-refractivity contribution in [3.63, 3.8) is 0 Å². The van der Waals surface area contributed by atoms with Crippen molar-refractivity contribution in [3.05, 3.63) is 0 Å². The van der Waals surface area contributed by atoms with Crippen LogP contribution in [0.2, 0.25) is 0 Å². The zero-order chi connectivity index (χ0) is 9.68. The molecule has 0 aromatic rings. The Morgan fingerprint density at radius 1 is 1.69 bits per heavy atom. The van der Waals surface area contributed by atoms with Crippen LogP contribution in [-0.2, 0) is 14.4 Å². The molecule has 1 fully saturated rings. The van der Waals surface area contributed by atoms with Gasteiger partial charge in [0.1, 0.15) is 0 Å². The maximum Gasteiger partial charge on any atom is 0.261 e. The van der Waals surface area contributed by atoms with E-state index >= 15 is 0 Å². The average molecular weight is 205 g/mol. The standard InChI is InChI=1S/C6H11N3O3S/c7-5(10)1-12-9-6(11)4-2-13-3-8-4/h4,8H,1-3H2,(H2,7,10)(H,9,11). The third-order valence-electron chi connectivity index (χ3n) is 1.42. The molecule has 1 aliphatic rings. The normalized spacial score (nSPS) is 21.4. The fourth-order valence-corrected chi connectivity index (χ4v) is 1.75.